The van der Waals surface area contributed by atoms with E-state index in [1.54, 1.807) is 11.5 Å². The van der Waals surface area contributed by atoms with Gasteiger partial charge >= 0.3 is 0 Å². The highest BCUT2D eigenvalue weighted by Gasteiger charge is 2.29. The van der Waals surface area contributed by atoms with E-state index in [9.17, 15) is 14.4 Å². The Hall–Kier alpha value is -4.05. The molecule has 1 aliphatic heterocycles. The number of hydroxylamine groups is 1. The van der Waals surface area contributed by atoms with Gasteiger partial charge in [-0.25, -0.2) is 5.48 Å². The number of hydrogen-bond donors (Lipinski definition) is 5. The maximum atomic E-state index is 13.4. The third-order valence-corrected chi connectivity index (χ3v) is 6.35. The maximum absolute atomic E-state index is 13.4. The molecule has 5 N–H and O–H groups in total. The number of H-pyrrole nitrogens is 1. The largest absolute Gasteiger partial charge is 0.454 e. The molecule has 0 unspecified atom stereocenters. The fourth-order valence-corrected chi connectivity index (χ4v) is 4.58. The van der Waals surface area contributed by atoms with E-state index in [1.807, 2.05) is 56.4 Å². The normalized spacial score (nSPS) is 13.8. The van der Waals surface area contributed by atoms with Crippen LogP contribution in [0.2, 0.25) is 0 Å². The molecule has 2 atom stereocenters. The predicted octanol–water partition coefficient (Wildman–Crippen LogP) is 2.80. The van der Waals surface area contributed by atoms with Crippen LogP contribution in [0.15, 0.2) is 48.7 Å². The van der Waals surface area contributed by atoms with Gasteiger partial charge in [-0.05, 0) is 30.0 Å². The fourth-order valence-electron chi connectivity index (χ4n) is 4.58. The molecule has 3 aromatic rings. The van der Waals surface area contributed by atoms with Crippen LogP contribution in [0, 0.1) is 11.8 Å². The van der Waals surface area contributed by atoms with Crippen molar-refractivity contribution in [1.82, 2.24) is 21.1 Å². The van der Waals surface area contributed by atoms with Crippen molar-refractivity contribution in [3.63, 3.8) is 0 Å². The number of carbonyl (C=O) groups excluding carboxylic acids is 3. The van der Waals surface area contributed by atoms with Gasteiger partial charge < -0.3 is 25.1 Å². The lowest BCUT2D eigenvalue weighted by Crippen LogP contribution is -2.50. The first-order chi connectivity index (χ1) is 17.9. The van der Waals surface area contributed by atoms with Crippen molar-refractivity contribution in [1.29, 1.82) is 0 Å². The van der Waals surface area contributed by atoms with Gasteiger partial charge in [0.1, 0.15) is 6.04 Å². The molecule has 196 valence electrons. The number of ether oxygens (including phenoxy) is 2. The molecule has 0 bridgehead atoms. The molecule has 3 amide bonds. The minimum atomic E-state index is -0.896. The van der Waals surface area contributed by atoms with Crippen LogP contribution in [-0.2, 0) is 27.3 Å². The van der Waals surface area contributed by atoms with E-state index in [2.05, 4.69) is 15.6 Å². The first kappa shape index (κ1) is 26.0. The number of para-hydroxylation sites is 2. The smallest absolute Gasteiger partial charge is 0.244 e. The summed E-state index contributed by atoms with van der Waals surface area (Å²) in [6.07, 6.45) is 2.31. The van der Waals surface area contributed by atoms with Crippen LogP contribution in [0.4, 0.5) is 0 Å². The summed E-state index contributed by atoms with van der Waals surface area (Å²) in [7, 11) is 0. The second kappa shape index (κ2) is 11.8. The molecule has 1 aliphatic rings. The molecule has 0 spiro atoms. The van der Waals surface area contributed by atoms with Crippen LogP contribution < -0.4 is 25.6 Å². The van der Waals surface area contributed by atoms with E-state index in [0.717, 1.165) is 22.0 Å². The van der Waals surface area contributed by atoms with Crippen molar-refractivity contribution in [3.8, 4) is 11.5 Å². The second-order valence-corrected chi connectivity index (χ2v) is 9.56. The van der Waals surface area contributed by atoms with E-state index < -0.39 is 23.8 Å². The standard InChI is InChI=1S/C27H32N4O6/c1-16(2)10-18(12-24(32)31-35)26(33)30-22(11-19-14-28-21-8-4-3-7-20(19)21)27(34)29-13-17-6-5-9-23-25(17)37-15-36-23/h3-9,14,16,18,22,28,35H,10-13,15H2,1-2H3,(H,29,34)(H,30,33)(H,31,32)/t18-,22+/m1/s1. The Morgan fingerprint density at radius 1 is 1.03 bits per heavy atom. The van der Waals surface area contributed by atoms with E-state index >= 15 is 0 Å². The molecule has 4 rings (SSSR count). The van der Waals surface area contributed by atoms with Crippen LogP contribution >= 0.6 is 0 Å². The number of hydrogen-bond acceptors (Lipinski definition) is 6. The van der Waals surface area contributed by atoms with Gasteiger partial charge in [-0.15, -0.1) is 0 Å². The van der Waals surface area contributed by atoms with Gasteiger partial charge in [0, 0.05) is 48.0 Å². The highest BCUT2D eigenvalue weighted by molar-refractivity contribution is 5.91. The predicted molar refractivity (Wildman–Crippen MR) is 136 cm³/mol. The average Bonchev–Trinajstić information content (AvgIpc) is 3.53. The Morgan fingerprint density at radius 3 is 2.62 bits per heavy atom. The lowest BCUT2D eigenvalue weighted by Gasteiger charge is -2.23. The number of amides is 3. The van der Waals surface area contributed by atoms with Crippen LogP contribution in [0.25, 0.3) is 10.9 Å². The summed E-state index contributed by atoms with van der Waals surface area (Å²) in [6, 6.07) is 12.3. The maximum Gasteiger partial charge on any atom is 0.244 e. The molecule has 37 heavy (non-hydrogen) atoms. The first-order valence-corrected chi connectivity index (χ1v) is 12.3. The summed E-state index contributed by atoms with van der Waals surface area (Å²) >= 11 is 0. The summed E-state index contributed by atoms with van der Waals surface area (Å²) in [4.78, 5) is 41.7. The topological polar surface area (TPSA) is 142 Å². The van der Waals surface area contributed by atoms with Crippen molar-refractivity contribution in [2.45, 2.75) is 45.7 Å². The Morgan fingerprint density at radius 2 is 1.84 bits per heavy atom. The van der Waals surface area contributed by atoms with Gasteiger partial charge in [0.15, 0.2) is 11.5 Å². The van der Waals surface area contributed by atoms with Gasteiger partial charge in [0.25, 0.3) is 0 Å². The number of aromatic nitrogens is 1. The molecule has 10 nitrogen and oxygen atoms in total. The van der Waals surface area contributed by atoms with Gasteiger partial charge in [-0.3, -0.25) is 19.6 Å². The molecule has 0 saturated heterocycles. The molecule has 10 heteroatoms. The summed E-state index contributed by atoms with van der Waals surface area (Å²) in [5.41, 5.74) is 4.16. The quantitative estimate of drug-likeness (QED) is 0.199. The number of nitrogens with one attached hydrogen (secondary N) is 4. The zero-order chi connectivity index (χ0) is 26.4. The Kier molecular flexibility index (Phi) is 8.29. The molecule has 0 radical (unpaired) electrons. The van der Waals surface area contributed by atoms with Crippen molar-refractivity contribution < 1.29 is 29.1 Å². The lowest BCUT2D eigenvalue weighted by atomic mass is 9.92. The van der Waals surface area contributed by atoms with Crippen molar-refractivity contribution in [3.05, 3.63) is 59.8 Å². The highest BCUT2D eigenvalue weighted by atomic mass is 16.7. The molecule has 2 heterocycles. The molecule has 1 aromatic heterocycles. The number of benzene rings is 2. The van der Waals surface area contributed by atoms with E-state index in [1.165, 1.54) is 0 Å². The van der Waals surface area contributed by atoms with E-state index in [0.29, 0.717) is 17.9 Å². The van der Waals surface area contributed by atoms with Gasteiger partial charge in [0.05, 0.1) is 0 Å². The van der Waals surface area contributed by atoms with Crippen LogP contribution in [0.5, 0.6) is 11.5 Å². The molecule has 0 fully saturated rings. The van der Waals surface area contributed by atoms with Crippen LogP contribution in [-0.4, -0.2) is 40.7 Å². The summed E-state index contributed by atoms with van der Waals surface area (Å²) in [5.74, 6) is -0.807. The second-order valence-electron chi connectivity index (χ2n) is 9.56. The molecule has 0 aliphatic carbocycles. The third kappa shape index (κ3) is 6.39. The van der Waals surface area contributed by atoms with E-state index in [-0.39, 0.29) is 38.0 Å². The summed E-state index contributed by atoms with van der Waals surface area (Å²) < 4.78 is 10.9. The monoisotopic (exact) mass is 508 g/mol. The first-order valence-electron chi connectivity index (χ1n) is 12.3. The zero-order valence-electron chi connectivity index (χ0n) is 20.9. The molecule has 0 saturated carbocycles. The zero-order valence-corrected chi connectivity index (χ0v) is 20.9. The van der Waals surface area contributed by atoms with Crippen LogP contribution in [0.1, 0.15) is 37.8 Å². The average molecular weight is 509 g/mol. The number of carbonyl (C=O) groups is 3. The van der Waals surface area contributed by atoms with Gasteiger partial charge in [0.2, 0.25) is 24.5 Å². The van der Waals surface area contributed by atoms with Crippen molar-refractivity contribution in [2.24, 2.45) is 11.8 Å². The molecular formula is C27H32N4O6. The third-order valence-electron chi connectivity index (χ3n) is 6.35. The Bertz CT molecular complexity index is 1270. The lowest BCUT2D eigenvalue weighted by molar-refractivity contribution is -0.136. The molecular weight excluding hydrogens is 476 g/mol. The minimum Gasteiger partial charge on any atom is -0.454 e. The number of rotatable bonds is 11. The highest BCUT2D eigenvalue weighted by Crippen LogP contribution is 2.35. The van der Waals surface area contributed by atoms with Gasteiger partial charge in [-0.2, -0.15) is 0 Å². The Balaban J connectivity index is 1.54. The van der Waals surface area contributed by atoms with Crippen LogP contribution in [0.3, 0.4) is 0 Å². The fraction of sp³-hybridized carbons (Fsp3) is 0.370. The summed E-state index contributed by atoms with van der Waals surface area (Å²) in [5, 5.41) is 15.7. The molecule has 2 aromatic carbocycles. The Labute approximate surface area is 214 Å². The number of fused-ring (bicyclic) bond motifs is 2. The van der Waals surface area contributed by atoms with Gasteiger partial charge in [-0.1, -0.05) is 44.2 Å². The number of aromatic amines is 1. The van der Waals surface area contributed by atoms with E-state index in [4.69, 9.17) is 14.7 Å². The minimum absolute atomic E-state index is 0.123. The van der Waals surface area contributed by atoms with Crippen molar-refractivity contribution >= 4 is 28.6 Å². The summed E-state index contributed by atoms with van der Waals surface area (Å²) in [6.45, 7) is 4.20. The SMILES string of the molecule is CC(C)C[C@H](CC(=O)NO)C(=O)N[C@@H](Cc1c[nH]c2ccccc12)C(=O)NCc1cccc2c1OCO2. The van der Waals surface area contributed by atoms with Crippen molar-refractivity contribution in [2.75, 3.05) is 6.79 Å².